The van der Waals surface area contributed by atoms with Crippen molar-refractivity contribution in [3.05, 3.63) is 65.5 Å². The van der Waals surface area contributed by atoms with Crippen molar-refractivity contribution in [1.82, 2.24) is 15.6 Å². The third kappa shape index (κ3) is 4.83. The van der Waals surface area contributed by atoms with Crippen LogP contribution in [-0.2, 0) is 12.4 Å². The van der Waals surface area contributed by atoms with Crippen LogP contribution in [0, 0.1) is 0 Å². The van der Waals surface area contributed by atoms with E-state index >= 15 is 0 Å². The summed E-state index contributed by atoms with van der Waals surface area (Å²) >= 11 is 0. The molecule has 0 bridgehead atoms. The second-order valence-electron chi connectivity index (χ2n) is 5.65. The smallest absolute Gasteiger partial charge is 0.329 e. The first-order valence-electron chi connectivity index (χ1n) is 7.79. The van der Waals surface area contributed by atoms with E-state index in [1.807, 2.05) is 0 Å². The Morgan fingerprint density at radius 2 is 1.48 bits per heavy atom. The molecule has 0 aliphatic carbocycles. The van der Waals surface area contributed by atoms with Crippen LogP contribution < -0.4 is 10.9 Å². The van der Waals surface area contributed by atoms with Crippen molar-refractivity contribution >= 4 is 11.6 Å². The number of aromatic nitrogens is 2. The van der Waals surface area contributed by atoms with Gasteiger partial charge in [-0.15, -0.1) is 0 Å². The molecule has 0 saturated heterocycles. The second-order valence-corrected chi connectivity index (χ2v) is 5.65. The predicted molar refractivity (Wildman–Crippen MR) is 87.3 cm³/mol. The zero-order valence-corrected chi connectivity index (χ0v) is 14.1. The second kappa shape index (κ2) is 7.45. The summed E-state index contributed by atoms with van der Waals surface area (Å²) in [4.78, 5) is 15.3. The largest absolute Gasteiger partial charge is 0.471 e. The Labute approximate surface area is 158 Å². The van der Waals surface area contributed by atoms with E-state index in [-0.39, 0.29) is 22.6 Å². The Morgan fingerprint density at radius 1 is 0.862 bits per heavy atom. The van der Waals surface area contributed by atoms with E-state index < -0.39 is 29.7 Å². The lowest BCUT2D eigenvalue weighted by molar-refractivity contribution is -0.159. The first kappa shape index (κ1) is 20.2. The summed E-state index contributed by atoms with van der Waals surface area (Å²) in [5.41, 5.74) is 4.45. The molecule has 1 amide bonds. The summed E-state index contributed by atoms with van der Waals surface area (Å²) in [6.07, 6.45) is -9.24. The Kier molecular flexibility index (Phi) is 5.18. The Bertz CT molecular complexity index is 995. The molecule has 29 heavy (non-hydrogen) atoms. The van der Waals surface area contributed by atoms with Gasteiger partial charge in [-0.05, 0) is 36.4 Å². The number of amides is 1. The maximum Gasteiger partial charge on any atom is 0.471 e. The molecule has 152 valence electrons. The average molecular weight is 416 g/mol. The van der Waals surface area contributed by atoms with Crippen molar-refractivity contribution in [3.8, 4) is 11.4 Å². The maximum atomic E-state index is 12.5. The van der Waals surface area contributed by atoms with Crippen LogP contribution in [0.5, 0.6) is 0 Å². The average Bonchev–Trinajstić information content (AvgIpc) is 3.16. The molecule has 3 aromatic rings. The van der Waals surface area contributed by atoms with Gasteiger partial charge >= 0.3 is 18.2 Å². The van der Waals surface area contributed by atoms with Gasteiger partial charge in [-0.25, -0.2) is 0 Å². The van der Waals surface area contributed by atoms with Gasteiger partial charge in [0.1, 0.15) is 0 Å². The number of halogens is 6. The number of anilines is 1. The molecule has 0 aliphatic heterocycles. The number of nitrogens with zero attached hydrogens (tertiary/aromatic N) is 2. The Morgan fingerprint density at radius 3 is 2.00 bits per heavy atom. The number of benzene rings is 2. The Hall–Kier alpha value is -3.57. The zero-order chi connectivity index (χ0) is 21.2. The maximum absolute atomic E-state index is 12.5. The van der Waals surface area contributed by atoms with Crippen LogP contribution in [0.15, 0.2) is 53.1 Å². The monoisotopic (exact) mass is 416 g/mol. The lowest BCUT2D eigenvalue weighted by atomic mass is 10.1. The molecule has 1 heterocycles. The molecule has 3 rings (SSSR count). The van der Waals surface area contributed by atoms with Gasteiger partial charge in [0.05, 0.1) is 11.3 Å². The molecule has 1 aromatic heterocycles. The molecule has 0 saturated carbocycles. The zero-order valence-electron chi connectivity index (χ0n) is 14.1. The highest BCUT2D eigenvalue weighted by Crippen LogP contribution is 2.30. The first-order chi connectivity index (χ1) is 13.5. The van der Waals surface area contributed by atoms with Crippen LogP contribution in [0.25, 0.3) is 11.4 Å². The summed E-state index contributed by atoms with van der Waals surface area (Å²) in [5, 5.41) is 3.23. The van der Waals surface area contributed by atoms with Crippen molar-refractivity contribution in [2.45, 2.75) is 12.4 Å². The molecule has 6 nitrogen and oxygen atoms in total. The van der Waals surface area contributed by atoms with E-state index in [2.05, 4.69) is 25.5 Å². The molecule has 0 fully saturated rings. The highest BCUT2D eigenvalue weighted by molar-refractivity contribution is 5.95. The predicted octanol–water partition coefficient (Wildman–Crippen LogP) is 4.53. The van der Waals surface area contributed by atoms with Crippen molar-refractivity contribution in [2.75, 3.05) is 5.43 Å². The van der Waals surface area contributed by atoms with Gasteiger partial charge in [0.15, 0.2) is 0 Å². The standard InChI is InChI=1S/C17H10F6N4O2/c18-16(19,20)11-5-7-12(8-6-11)25-26-14(28)10-3-1-9(2-4-10)13-24-15(29-27-13)17(21,22)23/h1-8,25H,(H,26,28). The van der Waals surface area contributed by atoms with E-state index in [4.69, 9.17) is 0 Å². The fraction of sp³-hybridized carbons (Fsp3) is 0.118. The SMILES string of the molecule is O=C(NNc1ccc(C(F)(F)F)cc1)c1ccc(-c2noc(C(F)(F)F)n2)cc1. The summed E-state index contributed by atoms with van der Waals surface area (Å²) in [6, 6.07) is 9.23. The highest BCUT2D eigenvalue weighted by atomic mass is 19.4. The normalized spacial score (nSPS) is 11.9. The number of nitrogens with one attached hydrogen (secondary N) is 2. The Balaban J connectivity index is 1.62. The van der Waals surface area contributed by atoms with E-state index in [0.29, 0.717) is 0 Å². The van der Waals surface area contributed by atoms with Crippen LogP contribution in [0.2, 0.25) is 0 Å². The van der Waals surface area contributed by atoms with Gasteiger partial charge in [-0.3, -0.25) is 15.6 Å². The van der Waals surface area contributed by atoms with Gasteiger partial charge in [0.2, 0.25) is 5.82 Å². The van der Waals surface area contributed by atoms with E-state index in [1.54, 1.807) is 0 Å². The fourth-order valence-electron chi connectivity index (χ4n) is 2.17. The van der Waals surface area contributed by atoms with Gasteiger partial charge in [-0.2, -0.15) is 31.3 Å². The summed E-state index contributed by atoms with van der Waals surface area (Å²) in [6.45, 7) is 0. The van der Waals surface area contributed by atoms with Gasteiger partial charge in [0.25, 0.3) is 5.91 Å². The minimum atomic E-state index is -4.77. The summed E-state index contributed by atoms with van der Waals surface area (Å²) in [7, 11) is 0. The number of rotatable bonds is 4. The van der Waals surface area contributed by atoms with Gasteiger partial charge in [0, 0.05) is 11.1 Å². The third-order valence-corrected chi connectivity index (χ3v) is 3.61. The summed E-state index contributed by atoms with van der Waals surface area (Å²) < 4.78 is 79.1. The molecule has 0 radical (unpaired) electrons. The molecular weight excluding hydrogens is 406 g/mol. The number of hydrogen-bond donors (Lipinski definition) is 2. The highest BCUT2D eigenvalue weighted by Gasteiger charge is 2.38. The van der Waals surface area contributed by atoms with E-state index in [9.17, 15) is 31.1 Å². The van der Waals surface area contributed by atoms with Crippen LogP contribution in [0.3, 0.4) is 0 Å². The van der Waals surface area contributed by atoms with Crippen molar-refractivity contribution < 1.29 is 35.7 Å². The van der Waals surface area contributed by atoms with Crippen LogP contribution in [0.4, 0.5) is 32.0 Å². The van der Waals surface area contributed by atoms with E-state index in [0.717, 1.165) is 24.3 Å². The summed E-state index contributed by atoms with van der Waals surface area (Å²) in [5.74, 6) is -2.41. The molecular formula is C17H10F6N4O2. The first-order valence-corrected chi connectivity index (χ1v) is 7.79. The topological polar surface area (TPSA) is 80.0 Å². The lowest BCUT2D eigenvalue weighted by Crippen LogP contribution is -2.29. The number of hydrazine groups is 1. The van der Waals surface area contributed by atoms with Crippen molar-refractivity contribution in [1.29, 1.82) is 0 Å². The third-order valence-electron chi connectivity index (χ3n) is 3.61. The quantitative estimate of drug-likeness (QED) is 0.483. The minimum absolute atomic E-state index is 0.132. The number of carbonyl (C=O) groups is 1. The molecule has 12 heteroatoms. The van der Waals surface area contributed by atoms with Crippen LogP contribution in [0.1, 0.15) is 21.8 Å². The molecule has 0 spiro atoms. The lowest BCUT2D eigenvalue weighted by Gasteiger charge is -2.10. The van der Waals surface area contributed by atoms with Gasteiger partial charge < -0.3 is 4.52 Å². The van der Waals surface area contributed by atoms with Gasteiger partial charge in [-0.1, -0.05) is 17.3 Å². The van der Waals surface area contributed by atoms with Crippen molar-refractivity contribution in [3.63, 3.8) is 0 Å². The van der Waals surface area contributed by atoms with Crippen LogP contribution in [-0.4, -0.2) is 16.0 Å². The molecule has 2 aromatic carbocycles. The molecule has 0 atom stereocenters. The number of carbonyl (C=O) groups excluding carboxylic acids is 1. The molecule has 2 N–H and O–H groups in total. The van der Waals surface area contributed by atoms with E-state index in [1.165, 1.54) is 24.3 Å². The number of hydrogen-bond acceptors (Lipinski definition) is 5. The molecule has 0 aliphatic rings. The minimum Gasteiger partial charge on any atom is -0.329 e. The van der Waals surface area contributed by atoms with Crippen molar-refractivity contribution in [2.24, 2.45) is 0 Å². The number of alkyl halides is 6. The molecule has 0 unspecified atom stereocenters. The van der Waals surface area contributed by atoms with Crippen LogP contribution >= 0.6 is 0 Å². The fourth-order valence-corrected chi connectivity index (χ4v) is 2.17.